The molecule has 156 valence electrons. The number of benzene rings is 2. The Kier molecular flexibility index (Phi) is 8.39. The Labute approximate surface area is 176 Å². The molecular weight excluding hydrogens is 388 g/mol. The molecular formula is C22H28N2O4S. The molecule has 2 amide bonds. The molecule has 0 aromatic heterocycles. The van der Waals surface area contributed by atoms with Crippen molar-refractivity contribution < 1.29 is 19.1 Å². The minimum absolute atomic E-state index is 0.129. The van der Waals surface area contributed by atoms with E-state index >= 15 is 0 Å². The van der Waals surface area contributed by atoms with Gasteiger partial charge in [-0.2, -0.15) is 0 Å². The van der Waals surface area contributed by atoms with Gasteiger partial charge < -0.3 is 20.1 Å². The van der Waals surface area contributed by atoms with Gasteiger partial charge in [-0.25, -0.2) is 0 Å². The molecule has 2 aromatic carbocycles. The summed E-state index contributed by atoms with van der Waals surface area (Å²) in [5.41, 5.74) is 2.11. The maximum atomic E-state index is 12.3. The number of amides is 2. The number of hydrogen-bond acceptors (Lipinski definition) is 5. The monoisotopic (exact) mass is 416 g/mol. The standard InChI is InChI=1S/C22H28N2O4S/c1-6-15(3)29-17-8-9-18(14(2)11-17)24-21(25)13-23-22(26)16-7-10-19(27-4)20(12-16)28-5/h7-12,15H,6,13H2,1-5H3,(H,23,26)(H,24,25). The average Bonchev–Trinajstić information content (AvgIpc) is 2.73. The van der Waals surface area contributed by atoms with E-state index in [0.29, 0.717) is 22.3 Å². The van der Waals surface area contributed by atoms with Crippen molar-refractivity contribution in [1.82, 2.24) is 5.32 Å². The summed E-state index contributed by atoms with van der Waals surface area (Å²) in [6.45, 7) is 6.18. The number of ether oxygens (including phenoxy) is 2. The number of rotatable bonds is 9. The molecule has 1 unspecified atom stereocenters. The zero-order chi connectivity index (χ0) is 21.4. The SMILES string of the molecule is CCC(C)Sc1ccc(NC(=O)CNC(=O)c2ccc(OC)c(OC)c2)c(C)c1. The van der Waals surface area contributed by atoms with Gasteiger partial charge in [-0.15, -0.1) is 11.8 Å². The molecule has 0 aliphatic heterocycles. The molecule has 7 heteroatoms. The lowest BCUT2D eigenvalue weighted by Crippen LogP contribution is -2.33. The molecule has 0 saturated heterocycles. The minimum Gasteiger partial charge on any atom is -0.493 e. The molecule has 0 saturated carbocycles. The zero-order valence-corrected chi connectivity index (χ0v) is 18.3. The first-order chi connectivity index (χ1) is 13.9. The van der Waals surface area contributed by atoms with Crippen LogP contribution in [-0.4, -0.2) is 37.8 Å². The van der Waals surface area contributed by atoms with Crippen molar-refractivity contribution in [2.75, 3.05) is 26.1 Å². The second kappa shape index (κ2) is 10.8. The van der Waals surface area contributed by atoms with Crippen LogP contribution < -0.4 is 20.1 Å². The molecule has 0 spiro atoms. The van der Waals surface area contributed by atoms with Crippen molar-refractivity contribution in [3.8, 4) is 11.5 Å². The Bertz CT molecular complexity index is 870. The largest absolute Gasteiger partial charge is 0.493 e. The Morgan fingerprint density at radius 2 is 1.79 bits per heavy atom. The number of aryl methyl sites for hydroxylation is 1. The van der Waals surface area contributed by atoms with Gasteiger partial charge in [-0.3, -0.25) is 9.59 Å². The maximum Gasteiger partial charge on any atom is 0.251 e. The lowest BCUT2D eigenvalue weighted by Gasteiger charge is -2.13. The van der Waals surface area contributed by atoms with Gasteiger partial charge in [0, 0.05) is 21.4 Å². The number of carbonyl (C=O) groups excluding carboxylic acids is 2. The van der Waals surface area contributed by atoms with Crippen molar-refractivity contribution in [3.05, 3.63) is 47.5 Å². The zero-order valence-electron chi connectivity index (χ0n) is 17.5. The third-order valence-corrected chi connectivity index (χ3v) is 5.70. The van der Waals surface area contributed by atoms with E-state index in [1.807, 2.05) is 30.8 Å². The van der Waals surface area contributed by atoms with Crippen LogP contribution in [0.5, 0.6) is 11.5 Å². The van der Waals surface area contributed by atoms with E-state index in [1.165, 1.54) is 19.1 Å². The Morgan fingerprint density at radius 1 is 1.07 bits per heavy atom. The van der Waals surface area contributed by atoms with Crippen LogP contribution in [0.4, 0.5) is 5.69 Å². The van der Waals surface area contributed by atoms with E-state index < -0.39 is 0 Å². The fourth-order valence-electron chi connectivity index (χ4n) is 2.60. The Hall–Kier alpha value is -2.67. The van der Waals surface area contributed by atoms with Crippen LogP contribution in [0, 0.1) is 6.92 Å². The first-order valence-corrected chi connectivity index (χ1v) is 10.3. The van der Waals surface area contributed by atoms with Crippen molar-refractivity contribution >= 4 is 29.3 Å². The highest BCUT2D eigenvalue weighted by atomic mass is 32.2. The Balaban J connectivity index is 1.93. The molecule has 0 heterocycles. The highest BCUT2D eigenvalue weighted by Gasteiger charge is 2.13. The minimum atomic E-state index is -0.363. The van der Waals surface area contributed by atoms with E-state index in [-0.39, 0.29) is 18.4 Å². The topological polar surface area (TPSA) is 76.7 Å². The summed E-state index contributed by atoms with van der Waals surface area (Å²) in [6.07, 6.45) is 1.10. The van der Waals surface area contributed by atoms with Crippen LogP contribution in [0.15, 0.2) is 41.3 Å². The number of carbonyl (C=O) groups is 2. The summed E-state index contributed by atoms with van der Waals surface area (Å²) in [7, 11) is 3.03. The quantitative estimate of drug-likeness (QED) is 0.597. The van der Waals surface area contributed by atoms with Gasteiger partial charge in [-0.05, 0) is 55.3 Å². The van der Waals surface area contributed by atoms with E-state index in [9.17, 15) is 9.59 Å². The van der Waals surface area contributed by atoms with Crippen molar-refractivity contribution in [2.24, 2.45) is 0 Å². The van der Waals surface area contributed by atoms with Crippen LogP contribution in [0.2, 0.25) is 0 Å². The summed E-state index contributed by atoms with van der Waals surface area (Å²) in [5.74, 6) is 0.338. The predicted molar refractivity (Wildman–Crippen MR) is 117 cm³/mol. The lowest BCUT2D eigenvalue weighted by atomic mass is 10.2. The van der Waals surface area contributed by atoms with E-state index in [0.717, 1.165) is 17.7 Å². The third-order valence-electron chi connectivity index (χ3n) is 4.44. The molecule has 29 heavy (non-hydrogen) atoms. The van der Waals surface area contributed by atoms with Crippen molar-refractivity contribution in [1.29, 1.82) is 0 Å². The average molecular weight is 417 g/mol. The fourth-order valence-corrected chi connectivity index (χ4v) is 3.62. The first kappa shape index (κ1) is 22.6. The summed E-state index contributed by atoms with van der Waals surface area (Å²) in [4.78, 5) is 25.8. The Morgan fingerprint density at radius 3 is 2.41 bits per heavy atom. The molecule has 1 atom stereocenters. The smallest absolute Gasteiger partial charge is 0.251 e. The molecule has 0 aliphatic carbocycles. The van der Waals surface area contributed by atoms with Gasteiger partial charge in [-0.1, -0.05) is 13.8 Å². The summed E-state index contributed by atoms with van der Waals surface area (Å²) < 4.78 is 10.4. The number of anilines is 1. The molecule has 2 aromatic rings. The van der Waals surface area contributed by atoms with Gasteiger partial charge in [0.15, 0.2) is 11.5 Å². The lowest BCUT2D eigenvalue weighted by molar-refractivity contribution is -0.115. The van der Waals surface area contributed by atoms with E-state index in [4.69, 9.17) is 9.47 Å². The second-order valence-corrected chi connectivity index (χ2v) is 8.13. The highest BCUT2D eigenvalue weighted by Crippen LogP contribution is 2.29. The van der Waals surface area contributed by atoms with Gasteiger partial charge in [0.1, 0.15) is 0 Å². The molecule has 0 aliphatic rings. The van der Waals surface area contributed by atoms with Crippen LogP contribution in [-0.2, 0) is 4.79 Å². The van der Waals surface area contributed by atoms with E-state index in [2.05, 4.69) is 30.5 Å². The second-order valence-electron chi connectivity index (χ2n) is 6.61. The van der Waals surface area contributed by atoms with Gasteiger partial charge in [0.25, 0.3) is 5.91 Å². The molecule has 0 fully saturated rings. The fraction of sp³-hybridized carbons (Fsp3) is 0.364. The van der Waals surface area contributed by atoms with Crippen LogP contribution >= 0.6 is 11.8 Å². The highest BCUT2D eigenvalue weighted by molar-refractivity contribution is 7.99. The number of methoxy groups -OCH3 is 2. The van der Waals surface area contributed by atoms with Gasteiger partial charge in [0.2, 0.25) is 5.91 Å². The molecule has 0 bridgehead atoms. The summed E-state index contributed by atoms with van der Waals surface area (Å²) >= 11 is 1.81. The summed E-state index contributed by atoms with van der Waals surface area (Å²) in [5, 5.41) is 6.01. The number of nitrogens with one attached hydrogen (secondary N) is 2. The first-order valence-electron chi connectivity index (χ1n) is 9.45. The maximum absolute atomic E-state index is 12.3. The molecule has 6 nitrogen and oxygen atoms in total. The van der Waals surface area contributed by atoms with Crippen LogP contribution in [0.3, 0.4) is 0 Å². The van der Waals surface area contributed by atoms with Crippen LogP contribution in [0.25, 0.3) is 0 Å². The molecule has 2 rings (SSSR count). The molecule has 2 N–H and O–H groups in total. The third kappa shape index (κ3) is 6.42. The van der Waals surface area contributed by atoms with Gasteiger partial charge in [0.05, 0.1) is 20.8 Å². The molecule has 0 radical (unpaired) electrons. The summed E-state index contributed by atoms with van der Waals surface area (Å²) in [6, 6.07) is 10.8. The van der Waals surface area contributed by atoms with Gasteiger partial charge >= 0.3 is 0 Å². The normalized spacial score (nSPS) is 11.5. The predicted octanol–water partition coefficient (Wildman–Crippen LogP) is 4.27. The van der Waals surface area contributed by atoms with Crippen LogP contribution in [0.1, 0.15) is 36.2 Å². The van der Waals surface area contributed by atoms with E-state index in [1.54, 1.807) is 18.2 Å². The number of thioether (sulfide) groups is 1. The van der Waals surface area contributed by atoms with Crippen molar-refractivity contribution in [2.45, 2.75) is 37.3 Å². The van der Waals surface area contributed by atoms with Crippen molar-refractivity contribution in [3.63, 3.8) is 0 Å². The number of hydrogen-bond donors (Lipinski definition) is 2.